The van der Waals surface area contributed by atoms with Gasteiger partial charge in [0.25, 0.3) is 0 Å². The van der Waals surface area contributed by atoms with Gasteiger partial charge in [-0.2, -0.15) is 0 Å². The van der Waals surface area contributed by atoms with Crippen molar-refractivity contribution in [2.75, 3.05) is 20.3 Å². The molecule has 1 aliphatic rings. The Bertz CT molecular complexity index is 599. The van der Waals surface area contributed by atoms with Crippen LogP contribution < -0.4 is 5.32 Å². The Balaban J connectivity index is 1.68. The van der Waals surface area contributed by atoms with Gasteiger partial charge in [-0.05, 0) is 18.4 Å². The fraction of sp³-hybridized carbons (Fsp3) is 0.500. The summed E-state index contributed by atoms with van der Waals surface area (Å²) in [5.74, 6) is 0.982. The third-order valence-corrected chi connectivity index (χ3v) is 4.35. The monoisotopic (exact) mass is 315 g/mol. The van der Waals surface area contributed by atoms with E-state index in [0.717, 1.165) is 25.3 Å². The van der Waals surface area contributed by atoms with Gasteiger partial charge in [0.15, 0.2) is 0 Å². The molecule has 1 saturated heterocycles. The van der Waals surface area contributed by atoms with Gasteiger partial charge in [0.2, 0.25) is 0 Å². The molecule has 1 aliphatic heterocycles. The van der Waals surface area contributed by atoms with Crippen molar-refractivity contribution in [3.05, 3.63) is 54.1 Å². The van der Waals surface area contributed by atoms with E-state index in [0.29, 0.717) is 6.61 Å². The van der Waals surface area contributed by atoms with Gasteiger partial charge in [-0.15, -0.1) is 0 Å². The molecule has 3 rings (SSSR count). The molecule has 3 atom stereocenters. The second-order valence-electron chi connectivity index (χ2n) is 6.09. The molecule has 0 aliphatic carbocycles. The summed E-state index contributed by atoms with van der Waals surface area (Å²) in [6.45, 7) is 1.44. The third-order valence-electron chi connectivity index (χ3n) is 4.35. The summed E-state index contributed by atoms with van der Waals surface area (Å²) in [5, 5.41) is 3.73. The quantitative estimate of drug-likeness (QED) is 0.850. The second-order valence-corrected chi connectivity index (χ2v) is 6.09. The number of benzene rings is 1. The average Bonchev–Trinajstić information content (AvgIpc) is 3.17. The number of imidazole rings is 1. The highest BCUT2D eigenvalue weighted by Gasteiger charge is 2.33. The molecule has 1 aromatic heterocycles. The molecule has 23 heavy (non-hydrogen) atoms. The summed E-state index contributed by atoms with van der Waals surface area (Å²) < 4.78 is 13.4. The minimum atomic E-state index is 0.00475. The molecule has 1 fully saturated rings. The number of hydrogen-bond donors (Lipinski definition) is 1. The summed E-state index contributed by atoms with van der Waals surface area (Å²) in [4.78, 5) is 4.45. The number of nitrogens with zero attached hydrogens (tertiary/aromatic N) is 2. The Morgan fingerprint density at radius 2 is 2.22 bits per heavy atom. The normalized spacial score (nSPS) is 22.3. The first-order valence-electron chi connectivity index (χ1n) is 8.15. The average molecular weight is 315 g/mol. The Labute approximate surface area is 137 Å². The van der Waals surface area contributed by atoms with Crippen LogP contribution in [0.2, 0.25) is 0 Å². The maximum absolute atomic E-state index is 5.93. The van der Waals surface area contributed by atoms with E-state index in [2.05, 4.69) is 34.6 Å². The topological polar surface area (TPSA) is 48.3 Å². The fourth-order valence-corrected chi connectivity index (χ4v) is 3.23. The van der Waals surface area contributed by atoms with Crippen molar-refractivity contribution in [1.29, 1.82) is 0 Å². The summed E-state index contributed by atoms with van der Waals surface area (Å²) in [6, 6.07) is 11.0. The largest absolute Gasteiger partial charge is 0.383 e. The van der Waals surface area contributed by atoms with Crippen molar-refractivity contribution in [2.24, 2.45) is 7.05 Å². The third kappa shape index (κ3) is 3.99. The van der Waals surface area contributed by atoms with E-state index in [9.17, 15) is 0 Å². The smallest absolute Gasteiger partial charge is 0.139 e. The second kappa shape index (κ2) is 7.73. The van der Waals surface area contributed by atoms with Crippen molar-refractivity contribution in [2.45, 2.75) is 31.0 Å². The molecular weight excluding hydrogens is 290 g/mol. The molecule has 5 nitrogen and oxygen atoms in total. The van der Waals surface area contributed by atoms with Crippen LogP contribution >= 0.6 is 0 Å². The number of aryl methyl sites for hydroxylation is 1. The molecule has 1 N–H and O–H groups in total. The molecule has 0 bridgehead atoms. The lowest BCUT2D eigenvalue weighted by Crippen LogP contribution is -2.44. The van der Waals surface area contributed by atoms with E-state index in [1.165, 1.54) is 5.56 Å². The lowest BCUT2D eigenvalue weighted by atomic mass is 10.0. The maximum atomic E-state index is 5.93. The van der Waals surface area contributed by atoms with Crippen molar-refractivity contribution in [3.63, 3.8) is 0 Å². The van der Waals surface area contributed by atoms with E-state index < -0.39 is 0 Å². The number of methoxy groups -OCH3 is 1. The molecule has 0 spiro atoms. The Morgan fingerprint density at radius 1 is 1.39 bits per heavy atom. The first-order valence-corrected chi connectivity index (χ1v) is 8.15. The standard InChI is InChI=1S/C18H25N3O2/c1-21-10-9-19-18(21)17-16(8-11-23-17)20-15(13-22-2)12-14-6-4-3-5-7-14/h3-7,9-10,15-17,20H,8,11-13H2,1-2H3/t15-,16-,17-/m0/s1. The van der Waals surface area contributed by atoms with Crippen LogP contribution in [0.25, 0.3) is 0 Å². The van der Waals surface area contributed by atoms with Gasteiger partial charge in [0, 0.05) is 45.2 Å². The number of nitrogens with one attached hydrogen (secondary N) is 1. The molecule has 124 valence electrons. The van der Waals surface area contributed by atoms with E-state index in [-0.39, 0.29) is 18.2 Å². The lowest BCUT2D eigenvalue weighted by molar-refractivity contribution is 0.0816. The van der Waals surface area contributed by atoms with Crippen molar-refractivity contribution in [1.82, 2.24) is 14.9 Å². The number of rotatable bonds is 7. The highest BCUT2D eigenvalue weighted by atomic mass is 16.5. The zero-order chi connectivity index (χ0) is 16.1. The van der Waals surface area contributed by atoms with Gasteiger partial charge in [0.1, 0.15) is 11.9 Å². The predicted molar refractivity (Wildman–Crippen MR) is 89.3 cm³/mol. The Morgan fingerprint density at radius 3 is 2.91 bits per heavy atom. The molecule has 2 heterocycles. The van der Waals surface area contributed by atoms with E-state index in [1.807, 2.05) is 30.1 Å². The minimum Gasteiger partial charge on any atom is -0.383 e. The van der Waals surface area contributed by atoms with Gasteiger partial charge in [-0.25, -0.2) is 4.98 Å². The van der Waals surface area contributed by atoms with Crippen molar-refractivity contribution < 1.29 is 9.47 Å². The SMILES string of the molecule is COC[C@H](Cc1ccccc1)N[C@H]1CCO[C@@H]1c1nccn1C. The van der Waals surface area contributed by atoms with Gasteiger partial charge < -0.3 is 19.4 Å². The summed E-state index contributed by atoms with van der Waals surface area (Å²) in [6.07, 6.45) is 5.73. The first-order chi connectivity index (χ1) is 11.3. The maximum Gasteiger partial charge on any atom is 0.139 e. The van der Waals surface area contributed by atoms with E-state index >= 15 is 0 Å². The van der Waals surface area contributed by atoms with Crippen LogP contribution in [-0.2, 0) is 22.9 Å². The predicted octanol–water partition coefficient (Wildman–Crippen LogP) is 2.10. The minimum absolute atomic E-state index is 0.00475. The molecule has 2 aromatic rings. The zero-order valence-electron chi connectivity index (χ0n) is 13.8. The Kier molecular flexibility index (Phi) is 5.43. The van der Waals surface area contributed by atoms with Crippen LogP contribution in [0.3, 0.4) is 0 Å². The molecule has 5 heteroatoms. The lowest BCUT2D eigenvalue weighted by Gasteiger charge is -2.26. The molecule has 0 amide bonds. The van der Waals surface area contributed by atoms with Crippen molar-refractivity contribution >= 4 is 0 Å². The van der Waals surface area contributed by atoms with Crippen LogP contribution in [0.1, 0.15) is 23.9 Å². The highest BCUT2D eigenvalue weighted by Crippen LogP contribution is 2.28. The molecular formula is C18H25N3O2. The molecule has 0 radical (unpaired) electrons. The van der Waals surface area contributed by atoms with Gasteiger partial charge in [-0.1, -0.05) is 30.3 Å². The van der Waals surface area contributed by atoms with Crippen LogP contribution in [0.4, 0.5) is 0 Å². The number of aromatic nitrogens is 2. The highest BCUT2D eigenvalue weighted by molar-refractivity contribution is 5.16. The van der Waals surface area contributed by atoms with Crippen LogP contribution in [0.15, 0.2) is 42.7 Å². The summed E-state index contributed by atoms with van der Waals surface area (Å²) in [5.41, 5.74) is 1.31. The number of ether oxygens (including phenoxy) is 2. The van der Waals surface area contributed by atoms with Crippen LogP contribution in [-0.4, -0.2) is 42.0 Å². The van der Waals surface area contributed by atoms with Gasteiger partial charge in [-0.3, -0.25) is 0 Å². The summed E-state index contributed by atoms with van der Waals surface area (Å²) in [7, 11) is 3.76. The van der Waals surface area contributed by atoms with E-state index in [4.69, 9.17) is 9.47 Å². The van der Waals surface area contributed by atoms with Crippen LogP contribution in [0.5, 0.6) is 0 Å². The van der Waals surface area contributed by atoms with Crippen molar-refractivity contribution in [3.8, 4) is 0 Å². The van der Waals surface area contributed by atoms with Crippen LogP contribution in [0, 0.1) is 0 Å². The van der Waals surface area contributed by atoms with E-state index in [1.54, 1.807) is 7.11 Å². The molecule has 0 unspecified atom stereocenters. The number of hydrogen-bond acceptors (Lipinski definition) is 4. The van der Waals surface area contributed by atoms with Gasteiger partial charge in [0.05, 0.1) is 6.61 Å². The zero-order valence-corrected chi connectivity index (χ0v) is 13.8. The molecule has 1 aromatic carbocycles. The Hall–Kier alpha value is -1.69. The summed E-state index contributed by atoms with van der Waals surface area (Å²) >= 11 is 0. The van der Waals surface area contributed by atoms with Gasteiger partial charge >= 0.3 is 0 Å². The molecule has 0 saturated carbocycles. The first kappa shape index (κ1) is 16.2. The fourth-order valence-electron chi connectivity index (χ4n) is 3.23.